The zero-order valence-corrected chi connectivity index (χ0v) is 22.4. The first-order valence-corrected chi connectivity index (χ1v) is 14.2. The lowest BCUT2D eigenvalue weighted by Gasteiger charge is -2.32. The van der Waals surface area contributed by atoms with E-state index in [-0.39, 0.29) is 10.1 Å². The van der Waals surface area contributed by atoms with E-state index >= 15 is 0 Å². The number of sulfonamides is 1. The van der Waals surface area contributed by atoms with Crippen LogP contribution in [0.4, 0.5) is 0 Å². The minimum Gasteiger partial charge on any atom is -0.457 e. The number of nitrogens with one attached hydrogen (secondary N) is 1. The Bertz CT molecular complexity index is 1080. The second-order valence-corrected chi connectivity index (χ2v) is 12.6. The molecule has 1 aliphatic heterocycles. The topological polar surface area (TPSA) is 99.2 Å². The van der Waals surface area contributed by atoms with Crippen LogP contribution in [-0.2, 0) is 14.8 Å². The predicted octanol–water partition coefficient (Wildman–Crippen LogP) is 4.09. The van der Waals surface area contributed by atoms with Crippen LogP contribution >= 0.6 is 23.4 Å². The molecule has 1 amide bonds. The zero-order valence-electron chi connectivity index (χ0n) is 20.1. The Balaban J connectivity index is 1.70. The van der Waals surface area contributed by atoms with Crippen LogP contribution in [0.15, 0.2) is 53.4 Å². The molecule has 2 aromatic rings. The van der Waals surface area contributed by atoms with E-state index in [2.05, 4.69) is 11.9 Å². The summed E-state index contributed by atoms with van der Waals surface area (Å²) in [5, 5.41) is 9.54. The molecule has 8 nitrogen and oxygen atoms in total. The molecule has 35 heavy (non-hydrogen) atoms. The number of rotatable bonds is 10. The highest BCUT2D eigenvalue weighted by Gasteiger charge is 2.37. The number of benzene rings is 2. The van der Waals surface area contributed by atoms with Gasteiger partial charge in [-0.25, -0.2) is 13.9 Å². The molecule has 2 N–H and O–H groups in total. The Morgan fingerprint density at radius 3 is 2.26 bits per heavy atom. The molecule has 1 unspecified atom stereocenters. The van der Waals surface area contributed by atoms with E-state index in [0.717, 1.165) is 36.0 Å². The number of hydroxylamine groups is 1. The molecule has 0 aliphatic carbocycles. The van der Waals surface area contributed by atoms with Crippen LogP contribution in [0.2, 0.25) is 5.02 Å². The third-order valence-electron chi connectivity index (χ3n) is 6.20. The van der Waals surface area contributed by atoms with Crippen LogP contribution in [0.5, 0.6) is 11.5 Å². The number of halogens is 1. The van der Waals surface area contributed by atoms with Crippen LogP contribution in [0.25, 0.3) is 0 Å². The van der Waals surface area contributed by atoms with Crippen molar-refractivity contribution in [2.45, 2.75) is 36.0 Å². The fraction of sp³-hybridized carbons (Fsp3) is 0.458. The highest BCUT2D eigenvalue weighted by molar-refractivity contribution is 8.00. The standard InChI is InChI=1S/C24H32ClN3O5S2/c1-17(34-16-18-12-14-27(2)15-13-18)23(24(29)26-30)28(3)35(31,32)22-10-8-21(9-11-22)33-20-6-4-19(25)5-7-20/h4-11,17-18,23,30H,12-16H2,1-3H3,(H,26,29)/t17-,23?/m1/s1. The van der Waals surface area contributed by atoms with E-state index in [9.17, 15) is 18.4 Å². The van der Waals surface area contributed by atoms with Gasteiger partial charge in [-0.15, -0.1) is 0 Å². The predicted molar refractivity (Wildman–Crippen MR) is 139 cm³/mol. The van der Waals surface area contributed by atoms with Crippen molar-refractivity contribution in [3.63, 3.8) is 0 Å². The average Bonchev–Trinajstić information content (AvgIpc) is 2.85. The van der Waals surface area contributed by atoms with Crippen molar-refractivity contribution in [2.24, 2.45) is 5.92 Å². The van der Waals surface area contributed by atoms with E-state index in [0.29, 0.717) is 22.4 Å². The zero-order chi connectivity index (χ0) is 25.6. The SMILES string of the molecule is C[C@@H](SCC1CCN(C)CC1)C(C(=O)NO)N(C)S(=O)(=O)c1ccc(Oc2ccc(Cl)cc2)cc1. The minimum absolute atomic E-state index is 0.0201. The van der Waals surface area contributed by atoms with Crippen molar-refractivity contribution in [3.8, 4) is 11.5 Å². The molecule has 1 aliphatic rings. The first kappa shape index (κ1) is 27.8. The molecular weight excluding hydrogens is 510 g/mol. The summed E-state index contributed by atoms with van der Waals surface area (Å²) in [6.07, 6.45) is 2.15. The molecule has 0 bridgehead atoms. The summed E-state index contributed by atoms with van der Waals surface area (Å²) in [5.74, 6) is 1.61. The highest BCUT2D eigenvalue weighted by atomic mass is 35.5. The average molecular weight is 542 g/mol. The van der Waals surface area contributed by atoms with Crippen molar-refractivity contribution in [2.75, 3.05) is 32.9 Å². The van der Waals surface area contributed by atoms with Crippen LogP contribution < -0.4 is 10.2 Å². The van der Waals surface area contributed by atoms with Gasteiger partial charge in [-0.1, -0.05) is 18.5 Å². The van der Waals surface area contributed by atoms with Gasteiger partial charge in [0.25, 0.3) is 5.91 Å². The van der Waals surface area contributed by atoms with Crippen molar-refractivity contribution in [1.29, 1.82) is 0 Å². The van der Waals surface area contributed by atoms with Gasteiger partial charge < -0.3 is 9.64 Å². The molecule has 1 heterocycles. The molecule has 1 fully saturated rings. The number of amides is 1. The van der Waals surface area contributed by atoms with E-state index in [1.54, 1.807) is 53.6 Å². The van der Waals surface area contributed by atoms with E-state index in [4.69, 9.17) is 16.3 Å². The lowest BCUT2D eigenvalue weighted by molar-refractivity contribution is -0.132. The van der Waals surface area contributed by atoms with E-state index in [1.807, 2.05) is 6.92 Å². The molecule has 2 aromatic carbocycles. The minimum atomic E-state index is -4.02. The van der Waals surface area contributed by atoms with Crippen LogP contribution in [0, 0.1) is 5.92 Å². The van der Waals surface area contributed by atoms with Gasteiger partial charge in [-0.05, 0) is 93.2 Å². The maximum absolute atomic E-state index is 13.3. The second kappa shape index (κ2) is 12.4. The summed E-state index contributed by atoms with van der Waals surface area (Å²) in [6, 6.07) is 11.7. The van der Waals surface area contributed by atoms with Gasteiger partial charge in [-0.3, -0.25) is 10.0 Å². The lowest BCUT2D eigenvalue weighted by atomic mass is 10.00. The van der Waals surface area contributed by atoms with E-state index < -0.39 is 22.0 Å². The smallest absolute Gasteiger partial charge is 0.262 e. The number of ether oxygens (including phenoxy) is 1. The normalized spacial score (nSPS) is 17.2. The number of carbonyl (C=O) groups excluding carboxylic acids is 1. The maximum Gasteiger partial charge on any atom is 0.262 e. The molecular formula is C24H32ClN3O5S2. The Labute approximate surface area is 216 Å². The number of piperidine rings is 1. The third-order valence-corrected chi connectivity index (χ3v) is 9.75. The fourth-order valence-corrected chi connectivity index (χ4v) is 6.97. The third kappa shape index (κ3) is 7.34. The number of hydrogen-bond donors (Lipinski definition) is 2. The largest absolute Gasteiger partial charge is 0.457 e. The number of hydrogen-bond acceptors (Lipinski definition) is 7. The summed E-state index contributed by atoms with van der Waals surface area (Å²) in [5.41, 5.74) is 1.64. The molecule has 11 heteroatoms. The molecule has 0 aromatic heterocycles. The second-order valence-electron chi connectivity index (χ2n) is 8.75. The van der Waals surface area contributed by atoms with Crippen LogP contribution in [0.3, 0.4) is 0 Å². The Kier molecular flexibility index (Phi) is 9.86. The summed E-state index contributed by atoms with van der Waals surface area (Å²) in [7, 11) is -0.554. The van der Waals surface area contributed by atoms with Gasteiger partial charge in [0.1, 0.15) is 17.5 Å². The first-order valence-electron chi connectivity index (χ1n) is 11.4. The van der Waals surface area contributed by atoms with Gasteiger partial charge in [0.05, 0.1) is 4.90 Å². The number of likely N-dealkylation sites (tertiary alicyclic amines) is 1. The molecule has 3 rings (SSSR count). The van der Waals surface area contributed by atoms with Crippen molar-refractivity contribution < 1.29 is 23.2 Å². The summed E-state index contributed by atoms with van der Waals surface area (Å²) >= 11 is 7.44. The number of nitrogens with zero attached hydrogens (tertiary/aromatic N) is 2. The van der Waals surface area contributed by atoms with E-state index in [1.165, 1.54) is 19.2 Å². The van der Waals surface area contributed by atoms with Gasteiger partial charge in [0.15, 0.2) is 0 Å². The Morgan fingerprint density at radius 2 is 1.71 bits per heavy atom. The fourth-order valence-electron chi connectivity index (χ4n) is 3.98. The van der Waals surface area contributed by atoms with Gasteiger partial charge in [0, 0.05) is 17.3 Å². The highest BCUT2D eigenvalue weighted by Crippen LogP contribution is 2.30. The van der Waals surface area contributed by atoms with Crippen molar-refractivity contribution in [1.82, 2.24) is 14.7 Å². The van der Waals surface area contributed by atoms with Crippen molar-refractivity contribution in [3.05, 3.63) is 53.6 Å². The Morgan fingerprint density at radius 1 is 1.17 bits per heavy atom. The number of carbonyl (C=O) groups is 1. The molecule has 2 atom stereocenters. The number of likely N-dealkylation sites (N-methyl/N-ethyl adjacent to an activating group) is 1. The summed E-state index contributed by atoms with van der Waals surface area (Å²) < 4.78 is 33.4. The molecule has 0 radical (unpaired) electrons. The summed E-state index contributed by atoms with van der Waals surface area (Å²) in [4.78, 5) is 14.8. The van der Waals surface area contributed by atoms with Crippen LogP contribution in [-0.4, -0.2) is 73.0 Å². The number of thioether (sulfide) groups is 1. The first-order chi connectivity index (χ1) is 16.6. The molecule has 192 valence electrons. The summed E-state index contributed by atoms with van der Waals surface area (Å²) in [6.45, 7) is 3.88. The van der Waals surface area contributed by atoms with Gasteiger partial charge in [0.2, 0.25) is 10.0 Å². The van der Waals surface area contributed by atoms with Gasteiger partial charge >= 0.3 is 0 Å². The lowest BCUT2D eigenvalue weighted by Crippen LogP contribution is -2.51. The monoisotopic (exact) mass is 541 g/mol. The van der Waals surface area contributed by atoms with Crippen molar-refractivity contribution >= 4 is 39.3 Å². The van der Waals surface area contributed by atoms with Gasteiger partial charge in [-0.2, -0.15) is 16.1 Å². The quantitative estimate of drug-likeness (QED) is 0.345. The maximum atomic E-state index is 13.3. The Hall–Kier alpha value is -1.82. The molecule has 1 saturated heterocycles. The van der Waals surface area contributed by atoms with Crippen LogP contribution in [0.1, 0.15) is 19.8 Å². The molecule has 0 saturated carbocycles. The molecule has 0 spiro atoms.